The van der Waals surface area contributed by atoms with Gasteiger partial charge >= 0.3 is 0 Å². The van der Waals surface area contributed by atoms with Gasteiger partial charge in [-0.3, -0.25) is 9.69 Å². The second kappa shape index (κ2) is 7.21. The first-order chi connectivity index (χ1) is 11.1. The minimum absolute atomic E-state index is 0.287. The lowest BCUT2D eigenvalue weighted by molar-refractivity contribution is -0.135. The number of likely N-dealkylation sites (tertiary alicyclic amines) is 1. The number of nitrogens with zero attached hydrogens (tertiary/aromatic N) is 3. The zero-order valence-electron chi connectivity index (χ0n) is 13.9. The van der Waals surface area contributed by atoms with Crippen LogP contribution >= 0.6 is 0 Å². The summed E-state index contributed by atoms with van der Waals surface area (Å²) in [6.07, 6.45) is 3.53. The molecule has 2 aliphatic rings. The number of carbonyl (C=O) groups excluding carboxylic acids is 1. The molecule has 1 atom stereocenters. The molecule has 1 N–H and O–H groups in total. The summed E-state index contributed by atoms with van der Waals surface area (Å²) in [4.78, 5) is 19.1. The average Bonchev–Trinajstić information content (AvgIpc) is 2.57. The highest BCUT2D eigenvalue weighted by Gasteiger charge is 2.26. The maximum Gasteiger partial charge on any atom is 0.236 e. The van der Waals surface area contributed by atoms with Gasteiger partial charge in [0.15, 0.2) is 0 Å². The average molecular weight is 317 g/mol. The summed E-state index contributed by atoms with van der Waals surface area (Å²) in [7, 11) is 0. The van der Waals surface area contributed by atoms with Crippen molar-refractivity contribution in [2.24, 2.45) is 0 Å². The number of phenolic OH excluding ortho intramolecular Hbond substituents is 1. The van der Waals surface area contributed by atoms with E-state index in [1.807, 2.05) is 12.1 Å². The Labute approximate surface area is 138 Å². The fourth-order valence-corrected chi connectivity index (χ4v) is 3.58. The number of rotatable bonds is 3. The first-order valence-electron chi connectivity index (χ1n) is 8.69. The number of piperazine rings is 1. The SMILES string of the molecule is CC1CCCCN1C(=O)CN1CCN(c2ccc(O)cc2)CC1. The molecule has 23 heavy (non-hydrogen) atoms. The van der Waals surface area contributed by atoms with Crippen molar-refractivity contribution in [1.82, 2.24) is 9.80 Å². The summed E-state index contributed by atoms with van der Waals surface area (Å²) in [5, 5.41) is 9.37. The highest BCUT2D eigenvalue weighted by molar-refractivity contribution is 5.78. The molecular formula is C18H27N3O2. The van der Waals surface area contributed by atoms with Crippen LogP contribution in [-0.2, 0) is 4.79 Å². The Morgan fingerprint density at radius 2 is 1.78 bits per heavy atom. The first kappa shape index (κ1) is 16.1. The molecule has 3 rings (SSSR count). The second-order valence-corrected chi connectivity index (χ2v) is 6.71. The van der Waals surface area contributed by atoms with Crippen molar-refractivity contribution in [1.29, 1.82) is 0 Å². The molecule has 0 saturated carbocycles. The molecule has 0 aliphatic carbocycles. The highest BCUT2D eigenvalue weighted by atomic mass is 16.3. The molecule has 2 saturated heterocycles. The van der Waals surface area contributed by atoms with Crippen molar-refractivity contribution in [3.05, 3.63) is 24.3 Å². The lowest BCUT2D eigenvalue weighted by Crippen LogP contribution is -2.52. The maximum absolute atomic E-state index is 12.5. The molecule has 5 nitrogen and oxygen atoms in total. The van der Waals surface area contributed by atoms with Crippen LogP contribution < -0.4 is 4.90 Å². The van der Waals surface area contributed by atoms with E-state index < -0.39 is 0 Å². The number of hydrogen-bond acceptors (Lipinski definition) is 4. The quantitative estimate of drug-likeness (QED) is 0.925. The van der Waals surface area contributed by atoms with Gasteiger partial charge in [-0.05, 0) is 50.5 Å². The van der Waals surface area contributed by atoms with Crippen molar-refractivity contribution < 1.29 is 9.90 Å². The molecule has 1 aromatic rings. The van der Waals surface area contributed by atoms with Gasteiger partial charge in [-0.25, -0.2) is 0 Å². The monoisotopic (exact) mass is 317 g/mol. The number of piperidine rings is 1. The predicted octanol–water partition coefficient (Wildman–Crippen LogP) is 1.92. The Kier molecular flexibility index (Phi) is 5.06. The molecule has 2 heterocycles. The molecule has 0 aromatic heterocycles. The van der Waals surface area contributed by atoms with E-state index in [-0.39, 0.29) is 5.91 Å². The lowest BCUT2D eigenvalue weighted by atomic mass is 10.0. The van der Waals surface area contributed by atoms with E-state index in [1.54, 1.807) is 12.1 Å². The standard InChI is InChI=1S/C18H27N3O2/c1-15-4-2-3-9-21(15)18(23)14-19-10-12-20(13-11-19)16-5-7-17(22)8-6-16/h5-8,15,22H,2-4,9-14H2,1H3. The van der Waals surface area contributed by atoms with Gasteiger partial charge in [-0.1, -0.05) is 0 Å². The van der Waals surface area contributed by atoms with Crippen molar-refractivity contribution in [2.75, 3.05) is 44.2 Å². The van der Waals surface area contributed by atoms with Gasteiger partial charge in [0, 0.05) is 44.5 Å². The van der Waals surface area contributed by atoms with Crippen molar-refractivity contribution in [3.8, 4) is 5.75 Å². The van der Waals surface area contributed by atoms with Crippen LogP contribution in [0.4, 0.5) is 5.69 Å². The number of hydrogen-bond donors (Lipinski definition) is 1. The van der Waals surface area contributed by atoms with E-state index in [2.05, 4.69) is 21.6 Å². The van der Waals surface area contributed by atoms with Gasteiger partial charge in [0.25, 0.3) is 0 Å². The molecule has 2 fully saturated rings. The van der Waals surface area contributed by atoms with Gasteiger partial charge in [0.2, 0.25) is 5.91 Å². The Morgan fingerprint density at radius 3 is 2.43 bits per heavy atom. The van der Waals surface area contributed by atoms with Gasteiger partial charge in [0.05, 0.1) is 6.54 Å². The molecule has 0 radical (unpaired) electrons. The van der Waals surface area contributed by atoms with E-state index >= 15 is 0 Å². The highest BCUT2D eigenvalue weighted by Crippen LogP contribution is 2.20. The van der Waals surface area contributed by atoms with E-state index in [1.165, 1.54) is 6.42 Å². The van der Waals surface area contributed by atoms with Crippen LogP contribution in [-0.4, -0.2) is 66.1 Å². The summed E-state index contributed by atoms with van der Waals surface area (Å²) in [6.45, 7) is 7.31. The fourth-order valence-electron chi connectivity index (χ4n) is 3.58. The van der Waals surface area contributed by atoms with Crippen molar-refractivity contribution in [2.45, 2.75) is 32.2 Å². The van der Waals surface area contributed by atoms with Crippen LogP contribution in [0.1, 0.15) is 26.2 Å². The van der Waals surface area contributed by atoms with Gasteiger partial charge < -0.3 is 14.9 Å². The first-order valence-corrected chi connectivity index (χ1v) is 8.69. The third-order valence-corrected chi connectivity index (χ3v) is 5.07. The molecule has 1 aromatic carbocycles. The summed E-state index contributed by atoms with van der Waals surface area (Å²) >= 11 is 0. The maximum atomic E-state index is 12.5. The molecule has 0 spiro atoms. The molecule has 1 amide bonds. The second-order valence-electron chi connectivity index (χ2n) is 6.71. The van der Waals surface area contributed by atoms with Crippen LogP contribution in [0.5, 0.6) is 5.75 Å². The Bertz CT molecular complexity index is 524. The van der Waals surface area contributed by atoms with Gasteiger partial charge in [-0.2, -0.15) is 0 Å². The number of aromatic hydroxyl groups is 1. The third kappa shape index (κ3) is 3.96. The summed E-state index contributed by atoms with van der Waals surface area (Å²) in [5.74, 6) is 0.587. The van der Waals surface area contributed by atoms with E-state index in [4.69, 9.17) is 0 Å². The van der Waals surface area contributed by atoms with E-state index in [0.717, 1.165) is 51.3 Å². The minimum atomic E-state index is 0.287. The van der Waals surface area contributed by atoms with Gasteiger partial charge in [0.1, 0.15) is 5.75 Å². The molecule has 126 valence electrons. The van der Waals surface area contributed by atoms with Crippen LogP contribution in [0.15, 0.2) is 24.3 Å². The summed E-state index contributed by atoms with van der Waals surface area (Å²) in [5.41, 5.74) is 1.14. The predicted molar refractivity (Wildman–Crippen MR) is 91.8 cm³/mol. The van der Waals surface area contributed by atoms with Crippen LogP contribution in [0.3, 0.4) is 0 Å². The van der Waals surface area contributed by atoms with Crippen LogP contribution in [0.25, 0.3) is 0 Å². The zero-order valence-corrected chi connectivity index (χ0v) is 13.9. The number of phenols is 1. The molecule has 2 aliphatic heterocycles. The molecule has 5 heteroatoms. The van der Waals surface area contributed by atoms with E-state index in [9.17, 15) is 9.90 Å². The summed E-state index contributed by atoms with van der Waals surface area (Å²) < 4.78 is 0. The topological polar surface area (TPSA) is 47.0 Å². The smallest absolute Gasteiger partial charge is 0.236 e. The van der Waals surface area contributed by atoms with Gasteiger partial charge in [-0.15, -0.1) is 0 Å². The van der Waals surface area contributed by atoms with E-state index in [0.29, 0.717) is 18.3 Å². The number of carbonyl (C=O) groups is 1. The normalized spacial score (nSPS) is 23.1. The minimum Gasteiger partial charge on any atom is -0.508 e. The third-order valence-electron chi connectivity index (χ3n) is 5.07. The number of amides is 1. The molecule has 1 unspecified atom stereocenters. The zero-order chi connectivity index (χ0) is 16.2. The Hall–Kier alpha value is -1.75. The fraction of sp³-hybridized carbons (Fsp3) is 0.611. The lowest BCUT2D eigenvalue weighted by Gasteiger charge is -2.38. The summed E-state index contributed by atoms with van der Waals surface area (Å²) in [6, 6.07) is 7.75. The van der Waals surface area contributed by atoms with Crippen LogP contribution in [0, 0.1) is 0 Å². The molecule has 0 bridgehead atoms. The Morgan fingerprint density at radius 1 is 1.09 bits per heavy atom. The molecular weight excluding hydrogens is 290 g/mol. The van der Waals surface area contributed by atoms with Crippen molar-refractivity contribution >= 4 is 11.6 Å². The number of benzene rings is 1. The van der Waals surface area contributed by atoms with Crippen LogP contribution in [0.2, 0.25) is 0 Å². The number of anilines is 1. The largest absolute Gasteiger partial charge is 0.508 e. The Balaban J connectivity index is 1.49. The van der Waals surface area contributed by atoms with Crippen molar-refractivity contribution in [3.63, 3.8) is 0 Å².